The quantitative estimate of drug-likeness (QED) is 0.451. The molecule has 2 heterocycles. The van der Waals surface area contributed by atoms with Crippen LogP contribution in [-0.2, 0) is 17.9 Å². The molecule has 0 radical (unpaired) electrons. The van der Waals surface area contributed by atoms with Crippen LogP contribution in [-0.4, -0.2) is 21.6 Å². The number of hydrogen-bond donors (Lipinski definition) is 1. The van der Waals surface area contributed by atoms with E-state index in [9.17, 15) is 9.59 Å². The van der Waals surface area contributed by atoms with Crippen molar-refractivity contribution in [3.8, 4) is 11.3 Å². The number of aryl methyl sites for hydroxylation is 1. The van der Waals surface area contributed by atoms with Gasteiger partial charge in [0.05, 0.1) is 24.8 Å². The first-order valence-electron chi connectivity index (χ1n) is 11.5. The molecular weight excluding hydrogens is 424 g/mol. The molecule has 1 aromatic heterocycles. The predicted molar refractivity (Wildman–Crippen MR) is 132 cm³/mol. The number of anilines is 1. The molecule has 0 fully saturated rings. The van der Waals surface area contributed by atoms with Crippen LogP contribution in [0.4, 0.5) is 5.82 Å². The van der Waals surface area contributed by atoms with Crippen LogP contribution in [0.3, 0.4) is 0 Å². The van der Waals surface area contributed by atoms with Gasteiger partial charge in [-0.2, -0.15) is 5.10 Å². The number of fused-ring (bicyclic) bond motifs is 1. The number of amides is 2. The topological polar surface area (TPSA) is 67.2 Å². The second-order valence-corrected chi connectivity index (χ2v) is 8.51. The number of benzene rings is 3. The van der Waals surface area contributed by atoms with Crippen molar-refractivity contribution in [2.24, 2.45) is 0 Å². The largest absolute Gasteiger partial charge is 0.346 e. The lowest BCUT2D eigenvalue weighted by Gasteiger charge is -2.27. The fourth-order valence-electron chi connectivity index (χ4n) is 4.22. The van der Waals surface area contributed by atoms with Crippen molar-refractivity contribution in [3.05, 3.63) is 108 Å². The summed E-state index contributed by atoms with van der Waals surface area (Å²) in [6.07, 6.45) is 0.417. The van der Waals surface area contributed by atoms with Crippen molar-refractivity contribution < 1.29 is 9.59 Å². The molecule has 0 unspecified atom stereocenters. The highest BCUT2D eigenvalue weighted by molar-refractivity contribution is 5.95. The molecule has 1 aliphatic rings. The maximum atomic E-state index is 12.8. The van der Waals surface area contributed by atoms with Crippen LogP contribution in [0.2, 0.25) is 0 Å². The van der Waals surface area contributed by atoms with Gasteiger partial charge in [-0.3, -0.25) is 14.5 Å². The van der Waals surface area contributed by atoms with E-state index in [4.69, 9.17) is 5.10 Å². The Morgan fingerprint density at radius 2 is 1.65 bits per heavy atom. The van der Waals surface area contributed by atoms with Crippen LogP contribution in [0, 0.1) is 0 Å². The fraction of sp³-hybridized carbons (Fsp3) is 0.179. The number of rotatable bonds is 6. The number of carbonyl (C=O) groups excluding carboxylic acids is 2. The Morgan fingerprint density at radius 1 is 0.971 bits per heavy atom. The summed E-state index contributed by atoms with van der Waals surface area (Å²) in [7, 11) is 0. The van der Waals surface area contributed by atoms with Crippen molar-refractivity contribution in [2.45, 2.75) is 32.5 Å². The highest BCUT2D eigenvalue weighted by Gasteiger charge is 2.26. The van der Waals surface area contributed by atoms with Crippen LogP contribution in [0.25, 0.3) is 11.3 Å². The van der Waals surface area contributed by atoms with Gasteiger partial charge >= 0.3 is 0 Å². The summed E-state index contributed by atoms with van der Waals surface area (Å²) < 4.78 is 1.90. The number of aromatic nitrogens is 2. The molecule has 2 amide bonds. The summed E-state index contributed by atoms with van der Waals surface area (Å²) in [6, 6.07) is 29.2. The second kappa shape index (κ2) is 9.35. The summed E-state index contributed by atoms with van der Waals surface area (Å²) in [4.78, 5) is 27.2. The molecule has 34 heavy (non-hydrogen) atoms. The maximum absolute atomic E-state index is 12.8. The fourth-order valence-corrected chi connectivity index (χ4v) is 4.22. The lowest BCUT2D eigenvalue weighted by atomic mass is 10.1. The molecule has 4 aromatic rings. The van der Waals surface area contributed by atoms with Gasteiger partial charge in [-0.05, 0) is 30.2 Å². The molecule has 0 saturated carbocycles. The summed E-state index contributed by atoms with van der Waals surface area (Å²) >= 11 is 0. The first-order valence-corrected chi connectivity index (χ1v) is 11.5. The van der Waals surface area contributed by atoms with Crippen LogP contribution < -0.4 is 10.2 Å². The standard InChI is InChI=1S/C28H26N4O2/c1-20(22-8-4-2-5-9-22)29-28(34)24-14-12-21(13-15-24)19-31-26-18-25(23-10-6-3-7-11-23)30-32(26)17-16-27(31)33/h2-15,18,20H,16-17,19H2,1H3,(H,29,34)/t20-/m0/s1. The molecule has 0 saturated heterocycles. The van der Waals surface area contributed by atoms with E-state index in [0.717, 1.165) is 28.2 Å². The molecule has 5 rings (SSSR count). The molecule has 6 heteroatoms. The monoisotopic (exact) mass is 450 g/mol. The normalized spacial score (nSPS) is 13.9. The van der Waals surface area contributed by atoms with Crippen LogP contribution in [0.1, 0.15) is 40.9 Å². The van der Waals surface area contributed by atoms with Crippen molar-refractivity contribution in [3.63, 3.8) is 0 Å². The third-order valence-electron chi connectivity index (χ3n) is 6.15. The minimum Gasteiger partial charge on any atom is -0.346 e. The van der Waals surface area contributed by atoms with Gasteiger partial charge in [0.1, 0.15) is 5.82 Å². The Morgan fingerprint density at radius 3 is 2.35 bits per heavy atom. The lowest BCUT2D eigenvalue weighted by Crippen LogP contribution is -2.36. The molecule has 3 aromatic carbocycles. The average molecular weight is 451 g/mol. The van der Waals surface area contributed by atoms with Crippen molar-refractivity contribution >= 4 is 17.6 Å². The van der Waals surface area contributed by atoms with Gasteiger partial charge in [0, 0.05) is 23.6 Å². The van der Waals surface area contributed by atoms with E-state index in [1.165, 1.54) is 0 Å². The first kappa shape index (κ1) is 21.6. The van der Waals surface area contributed by atoms with Crippen LogP contribution in [0.5, 0.6) is 0 Å². The van der Waals surface area contributed by atoms with Gasteiger partial charge in [0.2, 0.25) is 5.91 Å². The van der Waals surface area contributed by atoms with E-state index < -0.39 is 0 Å². The van der Waals surface area contributed by atoms with E-state index in [1.54, 1.807) is 4.90 Å². The lowest BCUT2D eigenvalue weighted by molar-refractivity contribution is -0.119. The minimum atomic E-state index is -0.123. The Hall–Kier alpha value is -4.19. The number of hydrogen-bond acceptors (Lipinski definition) is 3. The van der Waals surface area contributed by atoms with E-state index in [0.29, 0.717) is 25.1 Å². The third kappa shape index (κ3) is 4.48. The van der Waals surface area contributed by atoms with Crippen LogP contribution >= 0.6 is 0 Å². The molecule has 1 N–H and O–H groups in total. The average Bonchev–Trinajstić information content (AvgIpc) is 3.32. The SMILES string of the molecule is C[C@H](NC(=O)c1ccc(CN2C(=O)CCn3nc(-c4ccccc4)cc32)cc1)c1ccccc1. The number of nitrogens with zero attached hydrogens (tertiary/aromatic N) is 3. The summed E-state index contributed by atoms with van der Waals surface area (Å²) in [5, 5.41) is 7.74. The van der Waals surface area contributed by atoms with Gasteiger partial charge in [-0.25, -0.2) is 4.68 Å². The van der Waals surface area contributed by atoms with Crippen molar-refractivity contribution in [1.82, 2.24) is 15.1 Å². The molecule has 1 atom stereocenters. The molecule has 170 valence electrons. The van der Waals surface area contributed by atoms with E-state index >= 15 is 0 Å². The summed E-state index contributed by atoms with van der Waals surface area (Å²) in [5.74, 6) is 0.752. The van der Waals surface area contributed by atoms with Crippen molar-refractivity contribution in [1.29, 1.82) is 0 Å². The second-order valence-electron chi connectivity index (χ2n) is 8.51. The Kier molecular flexibility index (Phi) is 5.95. The molecule has 0 aliphatic carbocycles. The van der Waals surface area contributed by atoms with Gasteiger partial charge < -0.3 is 5.32 Å². The molecule has 1 aliphatic heterocycles. The summed E-state index contributed by atoms with van der Waals surface area (Å²) in [5.41, 5.74) is 4.49. The van der Waals surface area contributed by atoms with Crippen LogP contribution in [0.15, 0.2) is 91.0 Å². The van der Waals surface area contributed by atoms with Crippen molar-refractivity contribution in [2.75, 3.05) is 4.90 Å². The Bertz CT molecular complexity index is 1300. The van der Waals surface area contributed by atoms with E-state index in [1.807, 2.05) is 103 Å². The number of carbonyl (C=O) groups is 2. The molecule has 6 nitrogen and oxygen atoms in total. The van der Waals surface area contributed by atoms with Gasteiger partial charge in [-0.1, -0.05) is 72.8 Å². The zero-order valence-electron chi connectivity index (χ0n) is 19.0. The zero-order valence-corrected chi connectivity index (χ0v) is 19.0. The smallest absolute Gasteiger partial charge is 0.251 e. The highest BCUT2D eigenvalue weighted by atomic mass is 16.2. The maximum Gasteiger partial charge on any atom is 0.251 e. The first-order chi connectivity index (χ1) is 16.6. The Labute approximate surface area is 198 Å². The van der Waals surface area contributed by atoms with E-state index in [-0.39, 0.29) is 17.9 Å². The minimum absolute atomic E-state index is 0.0746. The van der Waals surface area contributed by atoms with E-state index in [2.05, 4.69) is 5.32 Å². The Balaban J connectivity index is 1.30. The molecule has 0 spiro atoms. The predicted octanol–water partition coefficient (Wildman–Crippen LogP) is 4.98. The number of nitrogens with one attached hydrogen (secondary N) is 1. The summed E-state index contributed by atoms with van der Waals surface area (Å²) in [6.45, 7) is 2.98. The molecule has 0 bridgehead atoms. The zero-order chi connectivity index (χ0) is 23.5. The highest BCUT2D eigenvalue weighted by Crippen LogP contribution is 2.29. The molecular formula is C28H26N4O2. The van der Waals surface area contributed by atoms with Gasteiger partial charge in [-0.15, -0.1) is 0 Å². The van der Waals surface area contributed by atoms with Gasteiger partial charge in [0.15, 0.2) is 0 Å². The third-order valence-corrected chi connectivity index (χ3v) is 6.15. The van der Waals surface area contributed by atoms with Gasteiger partial charge in [0.25, 0.3) is 5.91 Å².